The van der Waals surface area contributed by atoms with Crippen LogP contribution < -0.4 is 5.32 Å². The standard InChI is InChI=1S/C19H24N4O2/c24-19(4-3-16-2-1-7-21-14-16)22-15-18(17-5-8-20-9-6-17)23-10-12-25-13-11-23/h1-2,5-9,14,18H,3-4,10-13,15H2,(H,22,24). The monoisotopic (exact) mass is 340 g/mol. The number of aromatic nitrogens is 2. The van der Waals surface area contributed by atoms with Gasteiger partial charge in [-0.3, -0.25) is 19.7 Å². The van der Waals surface area contributed by atoms with Crippen LogP contribution in [0.3, 0.4) is 0 Å². The molecule has 1 aliphatic heterocycles. The number of ether oxygens (including phenoxy) is 1. The average Bonchev–Trinajstić information content (AvgIpc) is 2.69. The van der Waals surface area contributed by atoms with Gasteiger partial charge >= 0.3 is 0 Å². The van der Waals surface area contributed by atoms with Gasteiger partial charge in [0.1, 0.15) is 0 Å². The van der Waals surface area contributed by atoms with Crippen molar-refractivity contribution in [2.24, 2.45) is 0 Å². The van der Waals surface area contributed by atoms with Crippen LogP contribution in [0.15, 0.2) is 49.1 Å². The van der Waals surface area contributed by atoms with E-state index >= 15 is 0 Å². The summed E-state index contributed by atoms with van der Waals surface area (Å²) in [7, 11) is 0. The molecule has 1 amide bonds. The van der Waals surface area contributed by atoms with E-state index in [2.05, 4.69) is 20.2 Å². The molecule has 1 atom stereocenters. The molecule has 0 bridgehead atoms. The molecule has 0 saturated carbocycles. The molecule has 3 rings (SSSR count). The van der Waals surface area contributed by atoms with E-state index in [1.54, 1.807) is 24.8 Å². The first-order chi connectivity index (χ1) is 12.3. The Labute approximate surface area is 148 Å². The van der Waals surface area contributed by atoms with E-state index in [1.807, 2.05) is 24.3 Å². The van der Waals surface area contributed by atoms with E-state index in [1.165, 1.54) is 5.56 Å². The lowest BCUT2D eigenvalue weighted by Crippen LogP contribution is -2.43. The summed E-state index contributed by atoms with van der Waals surface area (Å²) in [6.07, 6.45) is 8.32. The van der Waals surface area contributed by atoms with E-state index in [9.17, 15) is 4.79 Å². The van der Waals surface area contributed by atoms with Crippen LogP contribution in [0, 0.1) is 0 Å². The highest BCUT2D eigenvalue weighted by atomic mass is 16.5. The number of amides is 1. The predicted molar refractivity (Wildman–Crippen MR) is 94.9 cm³/mol. The van der Waals surface area contributed by atoms with Crippen LogP contribution in [0.2, 0.25) is 0 Å². The fourth-order valence-corrected chi connectivity index (χ4v) is 3.04. The molecule has 1 saturated heterocycles. The predicted octanol–water partition coefficient (Wildman–Crippen LogP) is 1.60. The zero-order valence-corrected chi connectivity index (χ0v) is 14.3. The van der Waals surface area contributed by atoms with Gasteiger partial charge < -0.3 is 10.1 Å². The molecular weight excluding hydrogens is 316 g/mol. The van der Waals surface area contributed by atoms with Crippen molar-refractivity contribution >= 4 is 5.91 Å². The van der Waals surface area contributed by atoms with Gasteiger partial charge in [-0.2, -0.15) is 0 Å². The lowest BCUT2D eigenvalue weighted by atomic mass is 10.1. The van der Waals surface area contributed by atoms with Gasteiger partial charge in [0.05, 0.1) is 19.3 Å². The number of pyridine rings is 2. The highest BCUT2D eigenvalue weighted by Crippen LogP contribution is 2.20. The highest BCUT2D eigenvalue weighted by molar-refractivity contribution is 5.76. The molecule has 6 nitrogen and oxygen atoms in total. The van der Waals surface area contributed by atoms with Crippen molar-refractivity contribution in [3.8, 4) is 0 Å². The topological polar surface area (TPSA) is 67.4 Å². The van der Waals surface area contributed by atoms with Crippen molar-refractivity contribution in [3.05, 3.63) is 60.2 Å². The van der Waals surface area contributed by atoms with Gasteiger partial charge in [-0.15, -0.1) is 0 Å². The molecule has 132 valence electrons. The van der Waals surface area contributed by atoms with Crippen molar-refractivity contribution in [1.82, 2.24) is 20.2 Å². The molecule has 2 aromatic rings. The Hall–Kier alpha value is -2.31. The molecule has 1 aliphatic rings. The Morgan fingerprint density at radius 2 is 1.96 bits per heavy atom. The number of nitrogens with zero attached hydrogens (tertiary/aromatic N) is 3. The smallest absolute Gasteiger partial charge is 0.220 e. The second-order valence-corrected chi connectivity index (χ2v) is 6.11. The van der Waals surface area contributed by atoms with Crippen LogP contribution in [-0.4, -0.2) is 53.6 Å². The summed E-state index contributed by atoms with van der Waals surface area (Å²) < 4.78 is 5.45. The summed E-state index contributed by atoms with van der Waals surface area (Å²) in [4.78, 5) is 22.8. The van der Waals surface area contributed by atoms with Crippen LogP contribution in [0.5, 0.6) is 0 Å². The first kappa shape index (κ1) is 17.5. The summed E-state index contributed by atoms with van der Waals surface area (Å²) >= 11 is 0. The van der Waals surface area contributed by atoms with Gasteiger partial charge in [0.25, 0.3) is 0 Å². The van der Waals surface area contributed by atoms with E-state index in [0.717, 1.165) is 31.9 Å². The zero-order valence-electron chi connectivity index (χ0n) is 14.3. The third-order valence-corrected chi connectivity index (χ3v) is 4.43. The van der Waals surface area contributed by atoms with Crippen molar-refractivity contribution in [1.29, 1.82) is 0 Å². The first-order valence-electron chi connectivity index (χ1n) is 8.70. The van der Waals surface area contributed by atoms with Crippen molar-refractivity contribution in [2.45, 2.75) is 18.9 Å². The molecule has 0 aliphatic carbocycles. The molecule has 2 aromatic heterocycles. The maximum absolute atomic E-state index is 12.2. The number of hydrogen-bond donors (Lipinski definition) is 1. The summed E-state index contributed by atoms with van der Waals surface area (Å²) in [5, 5.41) is 3.09. The molecule has 1 fully saturated rings. The molecule has 0 aromatic carbocycles. The van der Waals surface area contributed by atoms with E-state index in [0.29, 0.717) is 19.4 Å². The fraction of sp³-hybridized carbons (Fsp3) is 0.421. The van der Waals surface area contributed by atoms with E-state index in [4.69, 9.17) is 4.74 Å². The Kier molecular flexibility index (Phi) is 6.48. The maximum Gasteiger partial charge on any atom is 0.220 e. The molecule has 0 spiro atoms. The van der Waals surface area contributed by atoms with Gasteiger partial charge in [-0.25, -0.2) is 0 Å². The number of aryl methyl sites for hydroxylation is 1. The number of nitrogens with one attached hydrogen (secondary N) is 1. The van der Waals surface area contributed by atoms with Crippen LogP contribution in [0.1, 0.15) is 23.6 Å². The zero-order chi connectivity index (χ0) is 17.3. The number of morpholine rings is 1. The Bertz CT molecular complexity index is 645. The average molecular weight is 340 g/mol. The Morgan fingerprint density at radius 1 is 1.16 bits per heavy atom. The summed E-state index contributed by atoms with van der Waals surface area (Å²) in [6, 6.07) is 8.07. The Balaban J connectivity index is 1.55. The van der Waals surface area contributed by atoms with Crippen LogP contribution in [-0.2, 0) is 16.0 Å². The van der Waals surface area contributed by atoms with Gasteiger partial charge in [0.2, 0.25) is 5.91 Å². The molecule has 1 unspecified atom stereocenters. The van der Waals surface area contributed by atoms with Crippen LogP contribution >= 0.6 is 0 Å². The molecule has 6 heteroatoms. The number of hydrogen-bond acceptors (Lipinski definition) is 5. The van der Waals surface area contributed by atoms with Gasteiger partial charge in [0.15, 0.2) is 0 Å². The molecule has 3 heterocycles. The summed E-state index contributed by atoms with van der Waals surface area (Å²) in [5.74, 6) is 0.0659. The maximum atomic E-state index is 12.2. The highest BCUT2D eigenvalue weighted by Gasteiger charge is 2.23. The van der Waals surface area contributed by atoms with E-state index < -0.39 is 0 Å². The summed E-state index contributed by atoms with van der Waals surface area (Å²) in [6.45, 7) is 3.81. The normalized spacial score (nSPS) is 16.3. The minimum Gasteiger partial charge on any atom is -0.379 e. The SMILES string of the molecule is O=C(CCc1cccnc1)NCC(c1ccncc1)N1CCOCC1. The molecule has 25 heavy (non-hydrogen) atoms. The fourth-order valence-electron chi connectivity index (χ4n) is 3.04. The van der Waals surface area contributed by atoms with Gasteiger partial charge in [-0.05, 0) is 35.7 Å². The van der Waals surface area contributed by atoms with Crippen molar-refractivity contribution in [3.63, 3.8) is 0 Å². The van der Waals surface area contributed by atoms with E-state index in [-0.39, 0.29) is 11.9 Å². The van der Waals surface area contributed by atoms with Gasteiger partial charge in [0, 0.05) is 50.8 Å². The molecule has 1 N–H and O–H groups in total. The minimum atomic E-state index is 0.0659. The second kappa shape index (κ2) is 9.25. The largest absolute Gasteiger partial charge is 0.379 e. The number of rotatable bonds is 7. The minimum absolute atomic E-state index is 0.0659. The van der Waals surface area contributed by atoms with Crippen LogP contribution in [0.25, 0.3) is 0 Å². The first-order valence-corrected chi connectivity index (χ1v) is 8.70. The third kappa shape index (κ3) is 5.34. The number of carbonyl (C=O) groups excluding carboxylic acids is 1. The second-order valence-electron chi connectivity index (χ2n) is 6.11. The number of carbonyl (C=O) groups is 1. The molecular formula is C19H24N4O2. The van der Waals surface area contributed by atoms with Crippen molar-refractivity contribution in [2.75, 3.05) is 32.8 Å². The van der Waals surface area contributed by atoms with Gasteiger partial charge in [-0.1, -0.05) is 6.07 Å². The lowest BCUT2D eigenvalue weighted by Gasteiger charge is -2.34. The lowest BCUT2D eigenvalue weighted by molar-refractivity contribution is -0.121. The van der Waals surface area contributed by atoms with Crippen LogP contribution in [0.4, 0.5) is 0 Å². The van der Waals surface area contributed by atoms with Crippen molar-refractivity contribution < 1.29 is 9.53 Å². The quantitative estimate of drug-likeness (QED) is 0.829. The summed E-state index contributed by atoms with van der Waals surface area (Å²) in [5.41, 5.74) is 2.25. The third-order valence-electron chi connectivity index (χ3n) is 4.43. The molecule has 0 radical (unpaired) electrons. The Morgan fingerprint density at radius 3 is 2.68 bits per heavy atom.